The van der Waals surface area contributed by atoms with Crippen LogP contribution in [0, 0.1) is 0 Å². The zero-order valence-electron chi connectivity index (χ0n) is 9.68. The number of benzene rings is 1. The van der Waals surface area contributed by atoms with Crippen molar-refractivity contribution in [2.24, 2.45) is 0 Å². The minimum atomic E-state index is -0.743. The van der Waals surface area contributed by atoms with Crippen LogP contribution in [0.2, 0.25) is 9.36 Å². The summed E-state index contributed by atoms with van der Waals surface area (Å²) in [5.41, 5.74) is 1.45. The Morgan fingerprint density at radius 3 is 2.68 bits per heavy atom. The molecule has 0 saturated carbocycles. The molecule has 19 heavy (non-hydrogen) atoms. The van der Waals surface area contributed by atoms with Crippen LogP contribution in [0.4, 0.5) is 0 Å². The molecule has 0 bridgehead atoms. The molecule has 1 atom stereocenters. The average molecular weight is 310 g/mol. The molecule has 0 amide bonds. The Morgan fingerprint density at radius 1 is 1.11 bits per heavy atom. The molecule has 0 radical (unpaired) electrons. The van der Waals surface area contributed by atoms with E-state index in [1.54, 1.807) is 24.4 Å². The Kier molecular flexibility index (Phi) is 3.46. The summed E-state index contributed by atoms with van der Waals surface area (Å²) in [4.78, 5) is 5.11. The molecule has 2 heterocycles. The van der Waals surface area contributed by atoms with Gasteiger partial charge in [-0.3, -0.25) is 4.98 Å². The van der Waals surface area contributed by atoms with Gasteiger partial charge in [0.1, 0.15) is 6.10 Å². The maximum atomic E-state index is 10.5. The summed E-state index contributed by atoms with van der Waals surface area (Å²) >= 11 is 13.4. The van der Waals surface area contributed by atoms with E-state index in [-0.39, 0.29) is 0 Å². The summed E-state index contributed by atoms with van der Waals surface area (Å²) in [5.74, 6) is 0. The van der Waals surface area contributed by atoms with Crippen LogP contribution in [-0.4, -0.2) is 10.1 Å². The number of aromatic nitrogens is 1. The van der Waals surface area contributed by atoms with Gasteiger partial charge in [-0.1, -0.05) is 29.3 Å². The first-order chi connectivity index (χ1) is 9.16. The number of rotatable bonds is 2. The lowest BCUT2D eigenvalue weighted by Gasteiger charge is -2.12. The van der Waals surface area contributed by atoms with Gasteiger partial charge >= 0.3 is 0 Å². The van der Waals surface area contributed by atoms with Crippen LogP contribution in [0.15, 0.2) is 42.6 Å². The van der Waals surface area contributed by atoms with Crippen LogP contribution in [0.5, 0.6) is 0 Å². The summed E-state index contributed by atoms with van der Waals surface area (Å²) in [6.07, 6.45) is 0.947. The predicted molar refractivity (Wildman–Crippen MR) is 80.1 cm³/mol. The second-order valence-corrected chi connectivity index (χ2v) is 6.23. The highest BCUT2D eigenvalue weighted by molar-refractivity contribution is 7.16. The van der Waals surface area contributed by atoms with E-state index in [0.717, 1.165) is 15.8 Å². The van der Waals surface area contributed by atoms with Crippen LogP contribution >= 0.6 is 34.5 Å². The minimum Gasteiger partial charge on any atom is -0.383 e. The third-order valence-electron chi connectivity index (χ3n) is 2.91. The van der Waals surface area contributed by atoms with Crippen LogP contribution < -0.4 is 0 Å². The Bertz CT molecular complexity index is 741. The predicted octanol–water partition coefficient (Wildman–Crippen LogP) is 4.68. The lowest BCUT2D eigenvalue weighted by molar-refractivity contribution is 0.225. The first-order valence-electron chi connectivity index (χ1n) is 5.63. The fourth-order valence-corrected chi connectivity index (χ4v) is 3.29. The van der Waals surface area contributed by atoms with Crippen molar-refractivity contribution >= 4 is 45.4 Å². The summed E-state index contributed by atoms with van der Waals surface area (Å²) in [6, 6.07) is 10.9. The van der Waals surface area contributed by atoms with Crippen molar-refractivity contribution in [2.75, 3.05) is 0 Å². The first kappa shape index (κ1) is 12.9. The second kappa shape index (κ2) is 5.10. The van der Waals surface area contributed by atoms with Gasteiger partial charge in [0.05, 0.1) is 9.85 Å². The second-order valence-electron chi connectivity index (χ2n) is 4.08. The highest BCUT2D eigenvalue weighted by atomic mass is 35.5. The van der Waals surface area contributed by atoms with Gasteiger partial charge in [0.25, 0.3) is 0 Å². The van der Waals surface area contributed by atoms with Crippen LogP contribution in [0.3, 0.4) is 0 Å². The summed E-state index contributed by atoms with van der Waals surface area (Å²) in [7, 11) is 0. The molecule has 0 aliphatic carbocycles. The lowest BCUT2D eigenvalue weighted by atomic mass is 10.0. The van der Waals surface area contributed by atoms with E-state index >= 15 is 0 Å². The Labute approximate surface area is 124 Å². The van der Waals surface area contributed by atoms with E-state index in [4.69, 9.17) is 23.2 Å². The van der Waals surface area contributed by atoms with Gasteiger partial charge in [-0.05, 0) is 30.3 Å². The quantitative estimate of drug-likeness (QED) is 0.745. The fourth-order valence-electron chi connectivity index (χ4n) is 2.01. The number of fused-ring (bicyclic) bond motifs is 1. The topological polar surface area (TPSA) is 33.1 Å². The number of nitrogens with zero attached hydrogens (tertiary/aromatic N) is 1. The van der Waals surface area contributed by atoms with Crippen molar-refractivity contribution in [3.05, 3.63) is 62.4 Å². The maximum Gasteiger partial charge on any atom is 0.115 e. The van der Waals surface area contributed by atoms with Crippen molar-refractivity contribution in [3.63, 3.8) is 0 Å². The monoisotopic (exact) mass is 309 g/mol. The Balaban J connectivity index is 2.18. The summed E-state index contributed by atoms with van der Waals surface area (Å²) in [6.45, 7) is 0. The van der Waals surface area contributed by atoms with Crippen molar-refractivity contribution in [1.82, 2.24) is 4.98 Å². The van der Waals surface area contributed by atoms with Crippen molar-refractivity contribution in [1.29, 1.82) is 0 Å². The number of pyridine rings is 1. The van der Waals surface area contributed by atoms with Crippen molar-refractivity contribution in [2.45, 2.75) is 6.10 Å². The summed E-state index contributed by atoms with van der Waals surface area (Å²) < 4.78 is 0.653. The zero-order valence-corrected chi connectivity index (χ0v) is 12.0. The van der Waals surface area contributed by atoms with Gasteiger partial charge in [-0.25, -0.2) is 0 Å². The molecule has 0 saturated heterocycles. The molecule has 1 N–H and O–H groups in total. The van der Waals surface area contributed by atoms with Crippen molar-refractivity contribution in [3.8, 4) is 0 Å². The van der Waals surface area contributed by atoms with E-state index < -0.39 is 6.10 Å². The lowest BCUT2D eigenvalue weighted by Crippen LogP contribution is -1.99. The van der Waals surface area contributed by atoms with Gasteiger partial charge < -0.3 is 5.11 Å². The smallest absolute Gasteiger partial charge is 0.115 e. The highest BCUT2D eigenvalue weighted by Gasteiger charge is 2.17. The fraction of sp³-hybridized carbons (Fsp3) is 0.0714. The number of aliphatic hydroxyl groups excluding tert-OH is 1. The van der Waals surface area contributed by atoms with E-state index in [0.29, 0.717) is 14.9 Å². The van der Waals surface area contributed by atoms with Gasteiger partial charge in [0, 0.05) is 27.0 Å². The van der Waals surface area contributed by atoms with Gasteiger partial charge in [-0.15, -0.1) is 11.3 Å². The normalized spacial score (nSPS) is 12.8. The Morgan fingerprint density at radius 2 is 1.95 bits per heavy atom. The number of hydrogen-bond donors (Lipinski definition) is 1. The molecule has 0 aliphatic heterocycles. The third kappa shape index (κ3) is 2.35. The van der Waals surface area contributed by atoms with Crippen molar-refractivity contribution < 1.29 is 5.11 Å². The number of thiophene rings is 1. The van der Waals surface area contributed by atoms with E-state index in [1.165, 1.54) is 11.3 Å². The number of halogens is 2. The maximum absolute atomic E-state index is 10.5. The average Bonchev–Trinajstić information content (AvgIpc) is 2.86. The molecule has 2 nitrogen and oxygen atoms in total. The molecule has 0 spiro atoms. The SMILES string of the molecule is OC(c1ccc(Cl)s1)c1ccc(Cl)c2cccnc12. The first-order valence-corrected chi connectivity index (χ1v) is 7.20. The van der Waals surface area contributed by atoms with Crippen LogP contribution in [0.1, 0.15) is 16.5 Å². The van der Waals surface area contributed by atoms with E-state index in [2.05, 4.69) is 4.98 Å². The number of aliphatic hydroxyl groups is 1. The molecule has 3 aromatic rings. The molecular formula is C14H9Cl2NOS. The van der Waals surface area contributed by atoms with Gasteiger partial charge in [-0.2, -0.15) is 0 Å². The van der Waals surface area contributed by atoms with Crippen LogP contribution in [0.25, 0.3) is 10.9 Å². The zero-order chi connectivity index (χ0) is 13.4. The van der Waals surface area contributed by atoms with Crippen LogP contribution in [-0.2, 0) is 0 Å². The molecular weight excluding hydrogens is 301 g/mol. The molecule has 1 unspecified atom stereocenters. The summed E-state index contributed by atoms with van der Waals surface area (Å²) in [5, 5.41) is 11.9. The number of hydrogen-bond acceptors (Lipinski definition) is 3. The molecule has 0 aliphatic rings. The largest absolute Gasteiger partial charge is 0.383 e. The third-order valence-corrected chi connectivity index (χ3v) is 4.52. The standard InChI is InChI=1S/C14H9Cl2NOS/c15-10-4-3-9(13-8(10)2-1-7-17-13)14(18)11-5-6-12(16)19-11/h1-7,14,18H. The molecule has 1 aromatic carbocycles. The van der Waals surface area contributed by atoms with E-state index in [1.807, 2.05) is 18.2 Å². The molecule has 5 heteroatoms. The van der Waals surface area contributed by atoms with Gasteiger partial charge in [0.15, 0.2) is 0 Å². The molecule has 96 valence electrons. The minimum absolute atomic E-state index is 0.628. The molecule has 2 aromatic heterocycles. The molecule has 0 fully saturated rings. The Hall–Kier alpha value is -1.13. The van der Waals surface area contributed by atoms with E-state index in [9.17, 15) is 5.11 Å². The highest BCUT2D eigenvalue weighted by Crippen LogP contribution is 2.35. The van der Waals surface area contributed by atoms with Gasteiger partial charge in [0.2, 0.25) is 0 Å². The molecule has 3 rings (SSSR count).